The molecule has 0 atom stereocenters. The van der Waals surface area contributed by atoms with Crippen LogP contribution >= 0.6 is 0 Å². The normalized spacial score (nSPS) is 28.3. The zero-order valence-electron chi connectivity index (χ0n) is 13.5. The number of hydrogen-bond acceptors (Lipinski definition) is 3. The molecule has 3 nitrogen and oxygen atoms in total. The van der Waals surface area contributed by atoms with Crippen molar-refractivity contribution in [3.8, 4) is 0 Å². The molecule has 1 fully saturated rings. The van der Waals surface area contributed by atoms with Crippen LogP contribution in [0.15, 0.2) is 0 Å². The molecule has 0 aromatic carbocycles. The fourth-order valence-corrected chi connectivity index (χ4v) is 3.20. The summed E-state index contributed by atoms with van der Waals surface area (Å²) < 4.78 is 5.74. The van der Waals surface area contributed by atoms with Gasteiger partial charge in [-0.2, -0.15) is 0 Å². The van der Waals surface area contributed by atoms with E-state index in [2.05, 4.69) is 32.6 Å². The highest BCUT2D eigenvalue weighted by atomic mass is 16.5. The number of rotatable bonds is 8. The van der Waals surface area contributed by atoms with Crippen LogP contribution in [0, 0.1) is 5.92 Å². The maximum atomic E-state index is 6.16. The molecule has 1 saturated carbocycles. The van der Waals surface area contributed by atoms with Crippen LogP contribution in [0.2, 0.25) is 0 Å². The van der Waals surface area contributed by atoms with Gasteiger partial charge in [-0.3, -0.25) is 4.90 Å². The number of hydrogen-bond donors (Lipinski definition) is 1. The Morgan fingerprint density at radius 2 is 1.89 bits per heavy atom. The van der Waals surface area contributed by atoms with Crippen molar-refractivity contribution in [2.24, 2.45) is 11.7 Å². The standard InChI is InChI=1S/C16H34N2O/c1-5-10-18(11-12-19-14(2)3)16(13-17)8-6-15(4)7-9-16/h14-15H,5-13,17H2,1-4H3. The third-order valence-electron chi connectivity index (χ3n) is 4.56. The van der Waals surface area contributed by atoms with Crippen LogP contribution in [0.4, 0.5) is 0 Å². The Labute approximate surface area is 119 Å². The largest absolute Gasteiger partial charge is 0.377 e. The van der Waals surface area contributed by atoms with Crippen molar-refractivity contribution in [1.82, 2.24) is 4.90 Å². The molecule has 0 amide bonds. The van der Waals surface area contributed by atoms with E-state index in [1.54, 1.807) is 0 Å². The minimum atomic E-state index is 0.239. The summed E-state index contributed by atoms with van der Waals surface area (Å²) in [7, 11) is 0. The number of nitrogens with zero attached hydrogens (tertiary/aromatic N) is 1. The Bertz CT molecular complexity index is 235. The molecule has 0 aromatic rings. The topological polar surface area (TPSA) is 38.5 Å². The lowest BCUT2D eigenvalue weighted by Crippen LogP contribution is -2.56. The molecular formula is C16H34N2O. The van der Waals surface area contributed by atoms with Crippen molar-refractivity contribution in [1.29, 1.82) is 0 Å². The molecule has 1 aliphatic carbocycles. The van der Waals surface area contributed by atoms with E-state index >= 15 is 0 Å². The minimum Gasteiger partial charge on any atom is -0.377 e. The molecule has 19 heavy (non-hydrogen) atoms. The highest BCUT2D eigenvalue weighted by Crippen LogP contribution is 2.35. The summed E-state index contributed by atoms with van der Waals surface area (Å²) in [6.45, 7) is 12.6. The van der Waals surface area contributed by atoms with E-state index in [9.17, 15) is 0 Å². The third-order valence-corrected chi connectivity index (χ3v) is 4.56. The molecule has 0 saturated heterocycles. The zero-order chi connectivity index (χ0) is 14.3. The number of ether oxygens (including phenoxy) is 1. The van der Waals surface area contributed by atoms with E-state index < -0.39 is 0 Å². The summed E-state index contributed by atoms with van der Waals surface area (Å²) in [5.74, 6) is 0.870. The van der Waals surface area contributed by atoms with E-state index in [0.717, 1.165) is 32.2 Å². The van der Waals surface area contributed by atoms with Crippen molar-refractivity contribution in [2.45, 2.75) is 71.4 Å². The fourth-order valence-electron chi connectivity index (χ4n) is 3.20. The molecule has 3 heteroatoms. The Balaban J connectivity index is 2.60. The van der Waals surface area contributed by atoms with Crippen molar-refractivity contribution in [3.63, 3.8) is 0 Å². The first-order valence-electron chi connectivity index (χ1n) is 8.11. The smallest absolute Gasteiger partial charge is 0.0597 e. The summed E-state index contributed by atoms with van der Waals surface area (Å²) in [5.41, 5.74) is 6.40. The van der Waals surface area contributed by atoms with Crippen molar-refractivity contribution in [3.05, 3.63) is 0 Å². The second kappa shape index (κ2) is 8.23. The van der Waals surface area contributed by atoms with Gasteiger partial charge in [-0.05, 0) is 58.4 Å². The quantitative estimate of drug-likeness (QED) is 0.737. The van der Waals surface area contributed by atoms with Gasteiger partial charge in [-0.15, -0.1) is 0 Å². The maximum absolute atomic E-state index is 6.16. The minimum absolute atomic E-state index is 0.239. The van der Waals surface area contributed by atoms with Crippen molar-refractivity contribution in [2.75, 3.05) is 26.2 Å². The van der Waals surface area contributed by atoms with Crippen molar-refractivity contribution < 1.29 is 4.74 Å². The van der Waals surface area contributed by atoms with Gasteiger partial charge in [0.1, 0.15) is 0 Å². The van der Waals surface area contributed by atoms with Crippen LogP contribution < -0.4 is 5.73 Å². The summed E-state index contributed by atoms with van der Waals surface area (Å²) in [6.07, 6.45) is 6.67. The summed E-state index contributed by atoms with van der Waals surface area (Å²) in [4.78, 5) is 2.61. The van der Waals surface area contributed by atoms with Gasteiger partial charge < -0.3 is 10.5 Å². The fraction of sp³-hybridized carbons (Fsp3) is 1.00. The average Bonchev–Trinajstić information content (AvgIpc) is 2.39. The maximum Gasteiger partial charge on any atom is 0.0597 e. The molecule has 0 heterocycles. The van der Waals surface area contributed by atoms with Gasteiger partial charge in [0, 0.05) is 18.6 Å². The lowest BCUT2D eigenvalue weighted by molar-refractivity contribution is 0.00175. The molecule has 0 aromatic heterocycles. The van der Waals surface area contributed by atoms with Crippen LogP contribution in [0.3, 0.4) is 0 Å². The molecule has 114 valence electrons. The average molecular weight is 270 g/mol. The van der Waals surface area contributed by atoms with Gasteiger partial charge in [-0.1, -0.05) is 13.8 Å². The first-order valence-corrected chi connectivity index (χ1v) is 8.11. The monoisotopic (exact) mass is 270 g/mol. The van der Waals surface area contributed by atoms with Crippen LogP contribution in [-0.4, -0.2) is 42.8 Å². The van der Waals surface area contributed by atoms with Gasteiger partial charge in [0.15, 0.2) is 0 Å². The highest BCUT2D eigenvalue weighted by molar-refractivity contribution is 4.95. The molecule has 0 bridgehead atoms. The lowest BCUT2D eigenvalue weighted by atomic mass is 9.76. The van der Waals surface area contributed by atoms with E-state index in [4.69, 9.17) is 10.5 Å². The van der Waals surface area contributed by atoms with Gasteiger partial charge in [0.2, 0.25) is 0 Å². The van der Waals surface area contributed by atoms with E-state index in [1.165, 1.54) is 32.1 Å². The first kappa shape index (κ1) is 16.9. The Morgan fingerprint density at radius 3 is 2.37 bits per heavy atom. The lowest BCUT2D eigenvalue weighted by Gasteiger charge is -2.47. The predicted octanol–water partition coefficient (Wildman–Crippen LogP) is 3.03. The molecule has 0 aliphatic heterocycles. The van der Waals surface area contributed by atoms with Crippen LogP contribution in [-0.2, 0) is 4.74 Å². The van der Waals surface area contributed by atoms with E-state index in [-0.39, 0.29) is 5.54 Å². The molecule has 0 radical (unpaired) electrons. The van der Waals surface area contributed by atoms with Gasteiger partial charge in [0.25, 0.3) is 0 Å². The molecule has 1 aliphatic rings. The predicted molar refractivity (Wildman–Crippen MR) is 82.4 cm³/mol. The Kier molecular flexibility index (Phi) is 7.33. The first-order chi connectivity index (χ1) is 9.04. The molecular weight excluding hydrogens is 236 g/mol. The van der Waals surface area contributed by atoms with Gasteiger partial charge in [0.05, 0.1) is 12.7 Å². The third kappa shape index (κ3) is 5.05. The molecule has 1 rings (SSSR count). The second-order valence-electron chi connectivity index (χ2n) is 6.52. The summed E-state index contributed by atoms with van der Waals surface area (Å²) in [6, 6.07) is 0. The van der Waals surface area contributed by atoms with Crippen molar-refractivity contribution >= 4 is 0 Å². The van der Waals surface area contributed by atoms with Crippen LogP contribution in [0.1, 0.15) is 59.8 Å². The number of nitrogens with two attached hydrogens (primary N) is 1. The van der Waals surface area contributed by atoms with Crippen LogP contribution in [0.25, 0.3) is 0 Å². The van der Waals surface area contributed by atoms with Gasteiger partial charge >= 0.3 is 0 Å². The summed E-state index contributed by atoms with van der Waals surface area (Å²) >= 11 is 0. The van der Waals surface area contributed by atoms with Crippen LogP contribution in [0.5, 0.6) is 0 Å². The molecule has 2 N–H and O–H groups in total. The molecule has 0 spiro atoms. The Morgan fingerprint density at radius 1 is 1.26 bits per heavy atom. The summed E-state index contributed by atoms with van der Waals surface area (Å²) in [5, 5.41) is 0. The SMILES string of the molecule is CCCN(CCOC(C)C)C1(CN)CCC(C)CC1. The zero-order valence-corrected chi connectivity index (χ0v) is 13.5. The van der Waals surface area contributed by atoms with E-state index in [1.807, 2.05) is 0 Å². The van der Waals surface area contributed by atoms with Gasteiger partial charge in [-0.25, -0.2) is 0 Å². The van der Waals surface area contributed by atoms with E-state index in [0.29, 0.717) is 6.10 Å². The molecule has 0 unspecified atom stereocenters. The highest BCUT2D eigenvalue weighted by Gasteiger charge is 2.37. The second-order valence-corrected chi connectivity index (χ2v) is 6.52. The Hall–Kier alpha value is -0.120.